The smallest absolute Gasteiger partial charge is 0.251 e. The van der Waals surface area contributed by atoms with Crippen LogP contribution in [0.1, 0.15) is 42.5 Å². The van der Waals surface area contributed by atoms with Crippen molar-refractivity contribution in [1.82, 2.24) is 14.7 Å². The average Bonchev–Trinajstić information content (AvgIpc) is 3.06. The van der Waals surface area contributed by atoms with Gasteiger partial charge in [-0.3, -0.25) is 4.79 Å². The summed E-state index contributed by atoms with van der Waals surface area (Å²) in [6.07, 6.45) is 9.80. The summed E-state index contributed by atoms with van der Waals surface area (Å²) >= 11 is 0. The number of carbonyl (C=O) groups excluding carboxylic acids is 1. The molecule has 1 amide bonds. The molecule has 0 bridgehead atoms. The summed E-state index contributed by atoms with van der Waals surface area (Å²) in [4.78, 5) is 17.1. The summed E-state index contributed by atoms with van der Waals surface area (Å²) in [7, 11) is 0. The van der Waals surface area contributed by atoms with Gasteiger partial charge in [0.15, 0.2) is 0 Å². The topological polar surface area (TPSA) is 46.4 Å². The van der Waals surface area contributed by atoms with Gasteiger partial charge < -0.3 is 9.72 Å². The second-order valence-corrected chi connectivity index (χ2v) is 6.48. The van der Waals surface area contributed by atoms with Crippen LogP contribution < -0.4 is 5.32 Å². The first kappa shape index (κ1) is 14.9. The molecule has 1 fully saturated rings. The SMILES string of the molecule is O=C(NC1CCCCC1)c1ccn2cc(-c3ccccc3)nc2c1. The van der Waals surface area contributed by atoms with Gasteiger partial charge in [0.2, 0.25) is 0 Å². The van der Waals surface area contributed by atoms with E-state index in [1.165, 1.54) is 19.3 Å². The minimum atomic E-state index is 0.00802. The normalized spacial score (nSPS) is 15.5. The number of aromatic nitrogens is 2. The predicted octanol–water partition coefficient (Wildman–Crippen LogP) is 4.06. The van der Waals surface area contributed by atoms with Gasteiger partial charge in [-0.25, -0.2) is 4.98 Å². The molecule has 1 N–H and O–H groups in total. The molecule has 0 spiro atoms. The zero-order valence-corrected chi connectivity index (χ0v) is 13.6. The van der Waals surface area contributed by atoms with Gasteiger partial charge in [-0.2, -0.15) is 0 Å². The fraction of sp³-hybridized carbons (Fsp3) is 0.300. The van der Waals surface area contributed by atoms with E-state index in [-0.39, 0.29) is 5.91 Å². The van der Waals surface area contributed by atoms with E-state index >= 15 is 0 Å². The maximum absolute atomic E-state index is 12.5. The zero-order valence-electron chi connectivity index (χ0n) is 13.6. The molecule has 0 unspecified atom stereocenters. The Morgan fingerprint density at radius 2 is 1.88 bits per heavy atom. The monoisotopic (exact) mass is 319 g/mol. The maximum Gasteiger partial charge on any atom is 0.251 e. The van der Waals surface area contributed by atoms with Crippen molar-refractivity contribution >= 4 is 11.6 Å². The van der Waals surface area contributed by atoms with Crippen LogP contribution in [-0.4, -0.2) is 21.3 Å². The first-order valence-electron chi connectivity index (χ1n) is 8.65. The number of imidazole rings is 1. The van der Waals surface area contributed by atoms with E-state index in [2.05, 4.69) is 10.3 Å². The lowest BCUT2D eigenvalue weighted by molar-refractivity contribution is 0.0927. The molecule has 2 heterocycles. The molecular formula is C20H21N3O. The summed E-state index contributed by atoms with van der Waals surface area (Å²) < 4.78 is 1.96. The van der Waals surface area contributed by atoms with Crippen molar-refractivity contribution in [3.8, 4) is 11.3 Å². The van der Waals surface area contributed by atoms with Gasteiger partial charge in [0, 0.05) is 29.6 Å². The second kappa shape index (κ2) is 6.48. The third-order valence-corrected chi connectivity index (χ3v) is 4.73. The molecule has 0 atom stereocenters. The van der Waals surface area contributed by atoms with E-state index in [4.69, 9.17) is 0 Å². The highest BCUT2D eigenvalue weighted by atomic mass is 16.1. The van der Waals surface area contributed by atoms with Gasteiger partial charge >= 0.3 is 0 Å². The van der Waals surface area contributed by atoms with E-state index in [0.717, 1.165) is 29.7 Å². The minimum Gasteiger partial charge on any atom is -0.349 e. The van der Waals surface area contributed by atoms with Crippen LogP contribution in [0.4, 0.5) is 0 Å². The molecular weight excluding hydrogens is 298 g/mol. The van der Waals surface area contributed by atoms with Crippen molar-refractivity contribution in [3.05, 3.63) is 60.4 Å². The summed E-state index contributed by atoms with van der Waals surface area (Å²) in [6.45, 7) is 0. The Morgan fingerprint density at radius 1 is 1.08 bits per heavy atom. The fourth-order valence-electron chi connectivity index (χ4n) is 3.39. The maximum atomic E-state index is 12.5. The van der Waals surface area contributed by atoms with E-state index in [0.29, 0.717) is 11.6 Å². The van der Waals surface area contributed by atoms with E-state index in [1.54, 1.807) is 0 Å². The molecule has 0 aliphatic heterocycles. The summed E-state index contributed by atoms with van der Waals surface area (Å²) in [6, 6.07) is 14.1. The van der Waals surface area contributed by atoms with E-state index < -0.39 is 0 Å². The number of rotatable bonds is 3. The van der Waals surface area contributed by atoms with Gasteiger partial charge in [0.25, 0.3) is 5.91 Å². The number of fused-ring (bicyclic) bond motifs is 1. The van der Waals surface area contributed by atoms with Gasteiger partial charge in [0.05, 0.1) is 5.69 Å². The van der Waals surface area contributed by atoms with Gasteiger partial charge in [-0.1, -0.05) is 49.6 Å². The first-order valence-corrected chi connectivity index (χ1v) is 8.65. The van der Waals surface area contributed by atoms with Crippen molar-refractivity contribution in [1.29, 1.82) is 0 Å². The standard InChI is InChI=1S/C20H21N3O/c24-20(21-17-9-5-2-6-10-17)16-11-12-23-14-18(22-19(23)13-16)15-7-3-1-4-8-15/h1,3-4,7-8,11-14,17H,2,5-6,9-10H2,(H,21,24). The van der Waals surface area contributed by atoms with Crippen LogP contribution in [0.25, 0.3) is 16.9 Å². The lowest BCUT2D eigenvalue weighted by atomic mass is 9.95. The van der Waals surface area contributed by atoms with Crippen molar-refractivity contribution in [2.75, 3.05) is 0 Å². The van der Waals surface area contributed by atoms with Crippen LogP contribution in [-0.2, 0) is 0 Å². The molecule has 1 aliphatic rings. The van der Waals surface area contributed by atoms with Crippen molar-refractivity contribution in [2.45, 2.75) is 38.1 Å². The van der Waals surface area contributed by atoms with Crippen LogP contribution >= 0.6 is 0 Å². The van der Waals surface area contributed by atoms with Gasteiger partial charge in [-0.15, -0.1) is 0 Å². The quantitative estimate of drug-likeness (QED) is 0.791. The molecule has 122 valence electrons. The highest BCUT2D eigenvalue weighted by Gasteiger charge is 2.17. The molecule has 3 aromatic rings. The minimum absolute atomic E-state index is 0.00802. The van der Waals surface area contributed by atoms with Crippen molar-refractivity contribution < 1.29 is 4.79 Å². The Hall–Kier alpha value is -2.62. The van der Waals surface area contributed by atoms with Crippen LogP contribution in [0.5, 0.6) is 0 Å². The Morgan fingerprint density at radius 3 is 2.67 bits per heavy atom. The Labute approximate surface area is 141 Å². The summed E-state index contributed by atoms with van der Waals surface area (Å²) in [5.41, 5.74) is 3.47. The number of benzene rings is 1. The first-order chi connectivity index (χ1) is 11.8. The lowest BCUT2D eigenvalue weighted by Gasteiger charge is -2.22. The van der Waals surface area contributed by atoms with Crippen molar-refractivity contribution in [3.63, 3.8) is 0 Å². The molecule has 1 aromatic carbocycles. The zero-order chi connectivity index (χ0) is 16.4. The van der Waals surface area contributed by atoms with E-state index in [9.17, 15) is 4.79 Å². The number of carbonyl (C=O) groups is 1. The Kier molecular flexibility index (Phi) is 4.03. The van der Waals surface area contributed by atoms with Crippen LogP contribution in [0.2, 0.25) is 0 Å². The highest BCUT2D eigenvalue weighted by Crippen LogP contribution is 2.20. The number of nitrogens with zero attached hydrogens (tertiary/aromatic N) is 2. The largest absolute Gasteiger partial charge is 0.349 e. The number of nitrogens with one attached hydrogen (secondary N) is 1. The van der Waals surface area contributed by atoms with Gasteiger partial charge in [0.1, 0.15) is 5.65 Å². The third kappa shape index (κ3) is 3.04. The van der Waals surface area contributed by atoms with Crippen molar-refractivity contribution in [2.24, 2.45) is 0 Å². The average molecular weight is 319 g/mol. The summed E-state index contributed by atoms with van der Waals surface area (Å²) in [5.74, 6) is 0.00802. The number of pyridine rings is 1. The van der Waals surface area contributed by atoms with Crippen LogP contribution in [0.3, 0.4) is 0 Å². The van der Waals surface area contributed by atoms with E-state index in [1.807, 2.05) is 59.3 Å². The summed E-state index contributed by atoms with van der Waals surface area (Å²) in [5, 5.41) is 3.16. The molecule has 4 nitrogen and oxygen atoms in total. The van der Waals surface area contributed by atoms with Gasteiger partial charge in [-0.05, 0) is 25.0 Å². The molecule has 24 heavy (non-hydrogen) atoms. The Balaban J connectivity index is 1.57. The lowest BCUT2D eigenvalue weighted by Crippen LogP contribution is -2.36. The number of hydrogen-bond donors (Lipinski definition) is 1. The molecule has 4 rings (SSSR count). The molecule has 4 heteroatoms. The second-order valence-electron chi connectivity index (χ2n) is 6.48. The molecule has 1 aliphatic carbocycles. The third-order valence-electron chi connectivity index (χ3n) is 4.73. The fourth-order valence-corrected chi connectivity index (χ4v) is 3.39. The highest BCUT2D eigenvalue weighted by molar-refractivity contribution is 5.95. The molecule has 1 saturated carbocycles. The molecule has 2 aromatic heterocycles. The molecule has 0 saturated heterocycles. The number of hydrogen-bond acceptors (Lipinski definition) is 2. The molecule has 0 radical (unpaired) electrons. The predicted molar refractivity (Wildman–Crippen MR) is 95.0 cm³/mol. The Bertz CT molecular complexity index is 848. The van der Waals surface area contributed by atoms with Crippen LogP contribution in [0, 0.1) is 0 Å². The van der Waals surface area contributed by atoms with Crippen LogP contribution in [0.15, 0.2) is 54.9 Å². The number of amides is 1.